The summed E-state index contributed by atoms with van der Waals surface area (Å²) in [5.41, 5.74) is 0.668. The van der Waals surface area contributed by atoms with Crippen LogP contribution in [0, 0.1) is 6.92 Å². The summed E-state index contributed by atoms with van der Waals surface area (Å²) in [5, 5.41) is 9.05. The first-order valence-corrected chi connectivity index (χ1v) is 6.34. The molecule has 0 saturated heterocycles. The van der Waals surface area contributed by atoms with Gasteiger partial charge in [-0.05, 0) is 26.3 Å². The van der Waals surface area contributed by atoms with Gasteiger partial charge in [0.25, 0.3) is 0 Å². The fourth-order valence-corrected chi connectivity index (χ4v) is 1.72. The van der Waals surface area contributed by atoms with Crippen molar-refractivity contribution in [3.8, 4) is 0 Å². The first-order chi connectivity index (χ1) is 8.99. The number of carboxylic acids is 1. The predicted octanol–water partition coefficient (Wildman–Crippen LogP) is 1.73. The zero-order chi connectivity index (χ0) is 14.4. The number of ether oxygens (including phenoxy) is 1. The van der Waals surface area contributed by atoms with E-state index in [9.17, 15) is 4.79 Å². The number of aromatic carboxylic acids is 1. The molecule has 1 atom stereocenters. The number of rotatable bonds is 7. The van der Waals surface area contributed by atoms with Gasteiger partial charge in [-0.15, -0.1) is 0 Å². The molecule has 1 rings (SSSR count). The molecule has 1 N–H and O–H groups in total. The SMILES string of the molecule is CCC(C)N(CCOC)c1nc(C)cc(C(=O)O)n1. The van der Waals surface area contributed by atoms with Crippen molar-refractivity contribution in [1.82, 2.24) is 9.97 Å². The normalized spacial score (nSPS) is 12.2. The molecule has 6 nitrogen and oxygen atoms in total. The van der Waals surface area contributed by atoms with Crippen LogP contribution in [0.1, 0.15) is 36.5 Å². The van der Waals surface area contributed by atoms with E-state index < -0.39 is 5.97 Å². The van der Waals surface area contributed by atoms with E-state index in [0.717, 1.165) is 6.42 Å². The van der Waals surface area contributed by atoms with Gasteiger partial charge in [0.1, 0.15) is 0 Å². The Labute approximate surface area is 113 Å². The molecule has 0 bridgehead atoms. The van der Waals surface area contributed by atoms with Crippen LogP contribution >= 0.6 is 0 Å². The second-order valence-electron chi connectivity index (χ2n) is 4.44. The van der Waals surface area contributed by atoms with Crippen LogP contribution in [0.25, 0.3) is 0 Å². The lowest BCUT2D eigenvalue weighted by Crippen LogP contribution is -2.37. The Kier molecular flexibility index (Phi) is 5.69. The molecule has 0 fully saturated rings. The number of aromatic nitrogens is 2. The van der Waals surface area contributed by atoms with Crippen LogP contribution in [-0.4, -0.2) is 47.3 Å². The lowest BCUT2D eigenvalue weighted by atomic mass is 10.2. The Morgan fingerprint density at radius 2 is 2.21 bits per heavy atom. The van der Waals surface area contributed by atoms with E-state index in [1.807, 2.05) is 4.90 Å². The first-order valence-electron chi connectivity index (χ1n) is 6.34. The van der Waals surface area contributed by atoms with Crippen molar-refractivity contribution in [2.24, 2.45) is 0 Å². The summed E-state index contributed by atoms with van der Waals surface area (Å²) >= 11 is 0. The number of aryl methyl sites for hydroxylation is 1. The lowest BCUT2D eigenvalue weighted by molar-refractivity contribution is 0.0690. The largest absolute Gasteiger partial charge is 0.477 e. The lowest BCUT2D eigenvalue weighted by Gasteiger charge is -2.28. The Bertz CT molecular complexity index is 437. The fourth-order valence-electron chi connectivity index (χ4n) is 1.72. The molecule has 0 saturated carbocycles. The fraction of sp³-hybridized carbons (Fsp3) is 0.615. The van der Waals surface area contributed by atoms with E-state index in [1.54, 1.807) is 14.0 Å². The highest BCUT2D eigenvalue weighted by molar-refractivity contribution is 5.85. The maximum absolute atomic E-state index is 11.0. The maximum atomic E-state index is 11.0. The summed E-state index contributed by atoms with van der Waals surface area (Å²) < 4.78 is 5.08. The smallest absolute Gasteiger partial charge is 0.354 e. The van der Waals surface area contributed by atoms with E-state index in [4.69, 9.17) is 9.84 Å². The zero-order valence-corrected chi connectivity index (χ0v) is 11.9. The summed E-state index contributed by atoms with van der Waals surface area (Å²) in [6.07, 6.45) is 0.920. The molecule has 1 unspecified atom stereocenters. The third kappa shape index (κ3) is 4.17. The van der Waals surface area contributed by atoms with E-state index in [0.29, 0.717) is 24.8 Å². The van der Waals surface area contributed by atoms with E-state index in [1.165, 1.54) is 6.07 Å². The Hall–Kier alpha value is -1.69. The van der Waals surface area contributed by atoms with Gasteiger partial charge in [0, 0.05) is 25.4 Å². The molecule has 0 aliphatic carbocycles. The number of carboxylic acid groups (broad SMARTS) is 1. The van der Waals surface area contributed by atoms with Crippen molar-refractivity contribution in [2.45, 2.75) is 33.2 Å². The number of hydrogen-bond donors (Lipinski definition) is 1. The maximum Gasteiger partial charge on any atom is 0.354 e. The van der Waals surface area contributed by atoms with Crippen molar-refractivity contribution in [1.29, 1.82) is 0 Å². The van der Waals surface area contributed by atoms with Gasteiger partial charge in [-0.1, -0.05) is 6.92 Å². The average Bonchev–Trinajstić information content (AvgIpc) is 2.38. The predicted molar refractivity (Wildman–Crippen MR) is 72.7 cm³/mol. The van der Waals surface area contributed by atoms with Gasteiger partial charge < -0.3 is 14.7 Å². The van der Waals surface area contributed by atoms with E-state index in [-0.39, 0.29) is 11.7 Å². The van der Waals surface area contributed by atoms with E-state index >= 15 is 0 Å². The molecule has 0 spiro atoms. The van der Waals surface area contributed by atoms with Crippen molar-refractivity contribution in [3.05, 3.63) is 17.5 Å². The number of hydrogen-bond acceptors (Lipinski definition) is 5. The monoisotopic (exact) mass is 267 g/mol. The number of anilines is 1. The molecular weight excluding hydrogens is 246 g/mol. The quantitative estimate of drug-likeness (QED) is 0.811. The van der Waals surface area contributed by atoms with Crippen molar-refractivity contribution < 1.29 is 14.6 Å². The summed E-state index contributed by atoms with van der Waals surface area (Å²) in [4.78, 5) is 21.5. The molecule has 1 aromatic heterocycles. The molecule has 0 radical (unpaired) electrons. The van der Waals surface area contributed by atoms with Crippen molar-refractivity contribution in [2.75, 3.05) is 25.2 Å². The minimum atomic E-state index is -1.04. The van der Waals surface area contributed by atoms with Crippen LogP contribution in [0.15, 0.2) is 6.07 Å². The highest BCUT2D eigenvalue weighted by Crippen LogP contribution is 2.15. The van der Waals surface area contributed by atoms with Gasteiger partial charge in [0.2, 0.25) is 5.95 Å². The zero-order valence-electron chi connectivity index (χ0n) is 11.9. The van der Waals surface area contributed by atoms with Crippen LogP contribution in [0.5, 0.6) is 0 Å². The minimum Gasteiger partial charge on any atom is -0.477 e. The summed E-state index contributed by atoms with van der Waals surface area (Å²) in [7, 11) is 1.63. The van der Waals surface area contributed by atoms with Gasteiger partial charge in [-0.3, -0.25) is 0 Å². The van der Waals surface area contributed by atoms with Crippen molar-refractivity contribution >= 4 is 11.9 Å². The molecule has 1 aromatic rings. The van der Waals surface area contributed by atoms with Gasteiger partial charge in [0.05, 0.1) is 6.61 Å². The second-order valence-corrected chi connectivity index (χ2v) is 4.44. The Morgan fingerprint density at radius 3 is 2.74 bits per heavy atom. The Balaban J connectivity index is 3.10. The standard InChI is InChI=1S/C13H21N3O3/c1-5-10(3)16(6-7-19-4)13-14-9(2)8-11(15-13)12(17)18/h8,10H,5-7H2,1-4H3,(H,17,18). The van der Waals surface area contributed by atoms with Crippen molar-refractivity contribution in [3.63, 3.8) is 0 Å². The number of carbonyl (C=O) groups is 1. The van der Waals surface area contributed by atoms with Crippen LogP contribution in [0.4, 0.5) is 5.95 Å². The van der Waals surface area contributed by atoms with Crippen LogP contribution in [0.3, 0.4) is 0 Å². The molecule has 6 heteroatoms. The van der Waals surface area contributed by atoms with Crippen LogP contribution in [-0.2, 0) is 4.74 Å². The number of methoxy groups -OCH3 is 1. The van der Waals surface area contributed by atoms with E-state index in [2.05, 4.69) is 23.8 Å². The second kappa shape index (κ2) is 7.04. The summed E-state index contributed by atoms with van der Waals surface area (Å²) in [5.74, 6) is -0.591. The highest BCUT2D eigenvalue weighted by Gasteiger charge is 2.18. The molecule has 0 aliphatic heterocycles. The third-order valence-corrected chi connectivity index (χ3v) is 2.98. The Morgan fingerprint density at radius 1 is 1.53 bits per heavy atom. The van der Waals surface area contributed by atoms with Gasteiger partial charge >= 0.3 is 5.97 Å². The summed E-state index contributed by atoms with van der Waals surface area (Å²) in [6, 6.07) is 1.69. The first kappa shape index (κ1) is 15.4. The molecule has 106 valence electrons. The molecular formula is C13H21N3O3. The topological polar surface area (TPSA) is 75.5 Å². The average molecular weight is 267 g/mol. The molecule has 0 aromatic carbocycles. The van der Waals surface area contributed by atoms with Gasteiger partial charge in [-0.2, -0.15) is 0 Å². The summed E-state index contributed by atoms with van der Waals surface area (Å²) in [6.45, 7) is 7.07. The molecule has 0 aliphatic rings. The van der Waals surface area contributed by atoms with Crippen LogP contribution in [0.2, 0.25) is 0 Å². The molecule has 0 amide bonds. The van der Waals surface area contributed by atoms with Gasteiger partial charge in [0.15, 0.2) is 5.69 Å². The minimum absolute atomic E-state index is 0.0215. The third-order valence-electron chi connectivity index (χ3n) is 2.98. The number of nitrogens with zero attached hydrogens (tertiary/aromatic N) is 3. The van der Waals surface area contributed by atoms with Gasteiger partial charge in [-0.25, -0.2) is 14.8 Å². The highest BCUT2D eigenvalue weighted by atomic mass is 16.5. The van der Waals surface area contributed by atoms with Crippen LogP contribution < -0.4 is 4.90 Å². The molecule has 1 heterocycles. The molecule has 19 heavy (non-hydrogen) atoms.